The van der Waals surface area contributed by atoms with Crippen LogP contribution < -0.4 is 10.2 Å². The third kappa shape index (κ3) is 2.98. The SMILES string of the molecule is CCn1c(C)cc([C@H]2[C@H](c3ccccn3)NC(=S)N2c2ccccc2F)c1C. The van der Waals surface area contributed by atoms with Gasteiger partial charge in [0.1, 0.15) is 5.82 Å². The van der Waals surface area contributed by atoms with Crippen LogP contribution in [0.25, 0.3) is 0 Å². The second-order valence-electron chi connectivity index (χ2n) is 7.02. The average molecular weight is 395 g/mol. The molecule has 0 spiro atoms. The molecule has 1 N–H and O–H groups in total. The van der Waals surface area contributed by atoms with Crippen molar-refractivity contribution in [2.24, 2.45) is 0 Å². The van der Waals surface area contributed by atoms with E-state index in [1.54, 1.807) is 18.3 Å². The van der Waals surface area contributed by atoms with Crippen LogP contribution in [0.5, 0.6) is 0 Å². The van der Waals surface area contributed by atoms with Gasteiger partial charge in [0.05, 0.1) is 23.5 Å². The highest BCUT2D eigenvalue weighted by atomic mass is 32.1. The average Bonchev–Trinajstić information content (AvgIpc) is 3.18. The number of para-hydroxylation sites is 1. The van der Waals surface area contributed by atoms with Gasteiger partial charge < -0.3 is 14.8 Å². The highest BCUT2D eigenvalue weighted by Gasteiger charge is 2.42. The Morgan fingerprint density at radius 2 is 1.89 bits per heavy atom. The Balaban J connectivity index is 1.91. The summed E-state index contributed by atoms with van der Waals surface area (Å²) in [5, 5.41) is 3.89. The first kappa shape index (κ1) is 18.6. The minimum atomic E-state index is -0.289. The molecule has 2 aromatic heterocycles. The van der Waals surface area contributed by atoms with Gasteiger partial charge in [-0.05, 0) is 68.9 Å². The molecule has 1 aromatic carbocycles. The molecule has 0 bridgehead atoms. The summed E-state index contributed by atoms with van der Waals surface area (Å²) in [6.07, 6.45) is 1.78. The lowest BCUT2D eigenvalue weighted by atomic mass is 9.96. The van der Waals surface area contributed by atoms with E-state index in [0.717, 1.165) is 17.8 Å². The number of halogens is 1. The van der Waals surface area contributed by atoms with Gasteiger partial charge in [0, 0.05) is 24.1 Å². The Kier molecular flexibility index (Phi) is 4.89. The van der Waals surface area contributed by atoms with Crippen molar-refractivity contribution in [1.82, 2.24) is 14.9 Å². The predicted molar refractivity (Wildman–Crippen MR) is 114 cm³/mol. The molecule has 28 heavy (non-hydrogen) atoms. The molecule has 0 saturated carbocycles. The van der Waals surface area contributed by atoms with Gasteiger partial charge in [0.15, 0.2) is 5.11 Å². The van der Waals surface area contributed by atoms with Crippen molar-refractivity contribution in [3.63, 3.8) is 0 Å². The summed E-state index contributed by atoms with van der Waals surface area (Å²) in [6, 6.07) is 14.4. The van der Waals surface area contributed by atoms with E-state index in [0.29, 0.717) is 10.8 Å². The Morgan fingerprint density at radius 1 is 1.14 bits per heavy atom. The molecule has 2 atom stereocenters. The monoisotopic (exact) mass is 394 g/mol. The van der Waals surface area contributed by atoms with Gasteiger partial charge >= 0.3 is 0 Å². The lowest BCUT2D eigenvalue weighted by molar-refractivity contribution is 0.554. The van der Waals surface area contributed by atoms with Crippen LogP contribution in [0, 0.1) is 19.7 Å². The number of aromatic nitrogens is 2. The third-order valence-corrected chi connectivity index (χ3v) is 5.77. The maximum absolute atomic E-state index is 14.7. The molecule has 3 heterocycles. The first-order valence-corrected chi connectivity index (χ1v) is 9.85. The van der Waals surface area contributed by atoms with Crippen LogP contribution in [0.2, 0.25) is 0 Å². The Morgan fingerprint density at radius 3 is 2.54 bits per heavy atom. The number of nitrogens with one attached hydrogen (secondary N) is 1. The summed E-state index contributed by atoms with van der Waals surface area (Å²) in [4.78, 5) is 6.45. The summed E-state index contributed by atoms with van der Waals surface area (Å²) >= 11 is 5.66. The van der Waals surface area contributed by atoms with Gasteiger partial charge in [-0.25, -0.2) is 4.39 Å². The number of nitrogens with zero attached hydrogens (tertiary/aromatic N) is 3. The zero-order chi connectivity index (χ0) is 19.8. The van der Waals surface area contributed by atoms with E-state index in [-0.39, 0.29) is 17.9 Å². The molecule has 0 amide bonds. The van der Waals surface area contributed by atoms with Gasteiger partial charge in [-0.1, -0.05) is 18.2 Å². The summed E-state index contributed by atoms with van der Waals surface area (Å²) in [7, 11) is 0. The summed E-state index contributed by atoms with van der Waals surface area (Å²) in [5.41, 5.74) is 4.84. The molecular formula is C22H23FN4S. The Hall–Kier alpha value is -2.73. The zero-order valence-electron chi connectivity index (χ0n) is 16.2. The van der Waals surface area contributed by atoms with Gasteiger partial charge in [-0.15, -0.1) is 0 Å². The highest BCUT2D eigenvalue weighted by Crippen LogP contribution is 2.43. The van der Waals surface area contributed by atoms with Crippen LogP contribution in [0.15, 0.2) is 54.7 Å². The number of aryl methyl sites for hydroxylation is 1. The molecule has 1 aliphatic rings. The number of benzene rings is 1. The standard InChI is InChI=1S/C22H23FN4S/c1-4-26-14(2)13-16(15(26)3)21-20(18-10-7-8-12-24-18)25-22(28)27(21)19-11-6-5-9-17(19)23/h5-13,20-21H,4H2,1-3H3,(H,25,28)/t20-,21-/m0/s1. The predicted octanol–water partition coefficient (Wildman–Crippen LogP) is 4.84. The number of rotatable bonds is 4. The van der Waals surface area contributed by atoms with Crippen molar-refractivity contribution >= 4 is 23.0 Å². The fraction of sp³-hybridized carbons (Fsp3) is 0.273. The van der Waals surface area contributed by atoms with E-state index in [1.807, 2.05) is 29.2 Å². The molecule has 4 rings (SSSR count). The van der Waals surface area contributed by atoms with Crippen LogP contribution in [-0.2, 0) is 6.54 Å². The van der Waals surface area contributed by atoms with Crippen LogP contribution in [0.3, 0.4) is 0 Å². The number of thiocarbonyl (C=S) groups is 1. The highest BCUT2D eigenvalue weighted by molar-refractivity contribution is 7.80. The van der Waals surface area contributed by atoms with E-state index < -0.39 is 0 Å². The largest absolute Gasteiger partial charge is 0.351 e. The van der Waals surface area contributed by atoms with Crippen LogP contribution in [0.1, 0.15) is 41.7 Å². The van der Waals surface area contributed by atoms with Crippen LogP contribution in [-0.4, -0.2) is 14.7 Å². The van der Waals surface area contributed by atoms with Crippen molar-refractivity contribution in [2.75, 3.05) is 4.90 Å². The molecule has 1 saturated heterocycles. The van der Waals surface area contributed by atoms with E-state index >= 15 is 0 Å². The molecule has 1 fully saturated rings. The Bertz CT molecular complexity index is 1010. The van der Waals surface area contributed by atoms with Gasteiger partial charge in [-0.2, -0.15) is 0 Å². The summed E-state index contributed by atoms with van der Waals surface area (Å²) in [6.45, 7) is 7.23. The van der Waals surface area contributed by atoms with E-state index in [9.17, 15) is 4.39 Å². The molecule has 0 unspecified atom stereocenters. The van der Waals surface area contributed by atoms with Crippen molar-refractivity contribution in [3.8, 4) is 0 Å². The number of anilines is 1. The van der Waals surface area contributed by atoms with Crippen molar-refractivity contribution in [3.05, 3.63) is 83.2 Å². The number of pyridine rings is 1. The smallest absolute Gasteiger partial charge is 0.174 e. The van der Waals surface area contributed by atoms with Gasteiger partial charge in [0.25, 0.3) is 0 Å². The molecule has 1 aliphatic heterocycles. The number of hydrogen-bond donors (Lipinski definition) is 1. The maximum atomic E-state index is 14.7. The second-order valence-corrected chi connectivity index (χ2v) is 7.41. The first-order valence-electron chi connectivity index (χ1n) is 9.44. The lowest BCUT2D eigenvalue weighted by Crippen LogP contribution is -2.30. The molecule has 6 heteroatoms. The quantitative estimate of drug-likeness (QED) is 0.642. The molecular weight excluding hydrogens is 371 g/mol. The molecule has 0 aliphatic carbocycles. The van der Waals surface area contributed by atoms with Crippen LogP contribution in [0.4, 0.5) is 10.1 Å². The lowest BCUT2D eigenvalue weighted by Gasteiger charge is -2.28. The van der Waals surface area contributed by atoms with E-state index in [4.69, 9.17) is 12.2 Å². The third-order valence-electron chi connectivity index (χ3n) is 5.46. The topological polar surface area (TPSA) is 33.1 Å². The molecule has 144 valence electrons. The summed E-state index contributed by atoms with van der Waals surface area (Å²) < 4.78 is 17.0. The van der Waals surface area contributed by atoms with Crippen molar-refractivity contribution in [2.45, 2.75) is 39.4 Å². The fourth-order valence-corrected chi connectivity index (χ4v) is 4.53. The van der Waals surface area contributed by atoms with Crippen molar-refractivity contribution < 1.29 is 4.39 Å². The molecule has 4 nitrogen and oxygen atoms in total. The number of hydrogen-bond acceptors (Lipinski definition) is 2. The molecule has 0 radical (unpaired) electrons. The van der Waals surface area contributed by atoms with E-state index in [1.165, 1.54) is 17.5 Å². The zero-order valence-corrected chi connectivity index (χ0v) is 17.0. The van der Waals surface area contributed by atoms with E-state index in [2.05, 4.69) is 41.7 Å². The molecule has 3 aromatic rings. The normalized spacial score (nSPS) is 19.1. The second kappa shape index (κ2) is 7.36. The van der Waals surface area contributed by atoms with Gasteiger partial charge in [-0.3, -0.25) is 4.98 Å². The fourth-order valence-electron chi connectivity index (χ4n) is 4.19. The van der Waals surface area contributed by atoms with Gasteiger partial charge in [0.2, 0.25) is 0 Å². The maximum Gasteiger partial charge on any atom is 0.174 e. The summed E-state index contributed by atoms with van der Waals surface area (Å²) in [5.74, 6) is -0.289. The minimum Gasteiger partial charge on any atom is -0.351 e. The van der Waals surface area contributed by atoms with Crippen LogP contribution >= 0.6 is 12.2 Å². The minimum absolute atomic E-state index is 0.167. The Labute approximate surface area is 170 Å². The van der Waals surface area contributed by atoms with Crippen molar-refractivity contribution in [1.29, 1.82) is 0 Å². The first-order chi connectivity index (χ1) is 13.5.